The molecule has 0 bridgehead atoms. The molecule has 0 aliphatic carbocycles. The Morgan fingerprint density at radius 2 is 1.71 bits per heavy atom. The number of anilines is 2. The van der Waals surface area contributed by atoms with Crippen LogP contribution >= 0.6 is 0 Å². The van der Waals surface area contributed by atoms with Crippen LogP contribution < -0.4 is 10.2 Å². The zero-order valence-corrected chi connectivity index (χ0v) is 18.7. The summed E-state index contributed by atoms with van der Waals surface area (Å²) in [6, 6.07) is 24.2. The Bertz CT molecular complexity index is 1250. The molecule has 172 valence electrons. The molecule has 2 heterocycles. The molecule has 1 aliphatic heterocycles. The second kappa shape index (κ2) is 9.89. The number of nitrogens with zero attached hydrogens (tertiary/aromatic N) is 3. The molecule has 1 amide bonds. The third-order valence-electron chi connectivity index (χ3n) is 5.98. The van der Waals surface area contributed by atoms with Gasteiger partial charge in [0.2, 0.25) is 0 Å². The highest BCUT2D eigenvalue weighted by molar-refractivity contribution is 6.06. The number of carbonyl (C=O) groups is 1. The fraction of sp³-hybridized carbons (Fsp3) is 0.185. The molecule has 0 spiro atoms. The monoisotopic (exact) mass is 456 g/mol. The minimum Gasteiger partial charge on any atom is -0.443 e. The number of hydrogen-bond acceptors (Lipinski definition) is 5. The standard InChI is InChI=1S/C27H25FN4O2/c28-22-8-4-7-21(17-22)26-25(29-19-34-26)27(33)30-23-9-11-24(12-10-23)32-15-13-31(14-16-32)18-20-5-2-1-3-6-20/h1-12,17,19H,13-16,18H2,(H,30,33). The zero-order valence-electron chi connectivity index (χ0n) is 18.7. The molecule has 5 rings (SSSR count). The van der Waals surface area contributed by atoms with Gasteiger partial charge in [0, 0.05) is 49.7 Å². The first-order valence-corrected chi connectivity index (χ1v) is 11.3. The molecule has 34 heavy (non-hydrogen) atoms. The molecular weight excluding hydrogens is 431 g/mol. The van der Waals surface area contributed by atoms with Crippen molar-refractivity contribution < 1.29 is 13.6 Å². The summed E-state index contributed by atoms with van der Waals surface area (Å²) >= 11 is 0. The lowest BCUT2D eigenvalue weighted by atomic mass is 10.1. The van der Waals surface area contributed by atoms with Crippen LogP contribution in [0.25, 0.3) is 11.3 Å². The van der Waals surface area contributed by atoms with E-state index in [0.717, 1.165) is 38.4 Å². The van der Waals surface area contributed by atoms with Crippen LogP contribution in [-0.2, 0) is 6.54 Å². The third kappa shape index (κ3) is 5.00. The predicted molar refractivity (Wildman–Crippen MR) is 130 cm³/mol. The topological polar surface area (TPSA) is 61.6 Å². The van der Waals surface area contributed by atoms with Crippen LogP contribution in [0.3, 0.4) is 0 Å². The lowest BCUT2D eigenvalue weighted by Crippen LogP contribution is -2.45. The Kier molecular flexibility index (Phi) is 6.35. The molecule has 3 aromatic carbocycles. The van der Waals surface area contributed by atoms with Gasteiger partial charge in [0.05, 0.1) is 0 Å². The summed E-state index contributed by atoms with van der Waals surface area (Å²) in [5, 5.41) is 2.85. The maximum atomic E-state index is 13.6. The summed E-state index contributed by atoms with van der Waals surface area (Å²) in [5.74, 6) is -0.575. The van der Waals surface area contributed by atoms with Crippen LogP contribution in [0.15, 0.2) is 89.7 Å². The van der Waals surface area contributed by atoms with Gasteiger partial charge in [-0.1, -0.05) is 42.5 Å². The summed E-state index contributed by atoms with van der Waals surface area (Å²) in [6.07, 6.45) is 1.19. The predicted octanol–water partition coefficient (Wildman–Crippen LogP) is 5.06. The van der Waals surface area contributed by atoms with Crippen molar-refractivity contribution in [1.29, 1.82) is 0 Å². The second-order valence-electron chi connectivity index (χ2n) is 8.29. The van der Waals surface area contributed by atoms with Crippen molar-refractivity contribution in [2.24, 2.45) is 0 Å². The maximum Gasteiger partial charge on any atom is 0.278 e. The number of oxazole rings is 1. The highest BCUT2D eigenvalue weighted by Gasteiger charge is 2.20. The van der Waals surface area contributed by atoms with Gasteiger partial charge >= 0.3 is 0 Å². The fourth-order valence-electron chi connectivity index (χ4n) is 4.19. The van der Waals surface area contributed by atoms with E-state index >= 15 is 0 Å². The summed E-state index contributed by atoms with van der Waals surface area (Å²) in [5.41, 5.74) is 3.70. The molecule has 1 aromatic heterocycles. The highest BCUT2D eigenvalue weighted by Crippen LogP contribution is 2.25. The minimum absolute atomic E-state index is 0.115. The Hall–Kier alpha value is -3.97. The second-order valence-corrected chi connectivity index (χ2v) is 8.29. The fourth-order valence-corrected chi connectivity index (χ4v) is 4.19. The molecule has 0 saturated carbocycles. The Morgan fingerprint density at radius 3 is 2.44 bits per heavy atom. The van der Waals surface area contributed by atoms with Gasteiger partial charge < -0.3 is 14.6 Å². The van der Waals surface area contributed by atoms with Crippen molar-refractivity contribution >= 4 is 17.3 Å². The van der Waals surface area contributed by atoms with Gasteiger partial charge in [0.15, 0.2) is 17.8 Å². The minimum atomic E-state index is -0.407. The van der Waals surface area contributed by atoms with Gasteiger partial charge in [0.25, 0.3) is 5.91 Å². The average Bonchev–Trinajstić information content (AvgIpc) is 3.36. The van der Waals surface area contributed by atoms with Crippen LogP contribution in [0.4, 0.5) is 15.8 Å². The van der Waals surface area contributed by atoms with E-state index in [1.807, 2.05) is 30.3 Å². The molecule has 7 heteroatoms. The first-order valence-electron chi connectivity index (χ1n) is 11.3. The third-order valence-corrected chi connectivity index (χ3v) is 5.98. The summed E-state index contributed by atoms with van der Waals surface area (Å²) in [6.45, 7) is 4.88. The Morgan fingerprint density at radius 1 is 0.941 bits per heavy atom. The van der Waals surface area contributed by atoms with Crippen molar-refractivity contribution in [3.63, 3.8) is 0 Å². The van der Waals surface area contributed by atoms with E-state index in [2.05, 4.69) is 44.4 Å². The van der Waals surface area contributed by atoms with Gasteiger partial charge in [-0.25, -0.2) is 9.37 Å². The molecule has 0 atom stereocenters. The number of amides is 1. The molecule has 0 unspecified atom stereocenters. The average molecular weight is 457 g/mol. The number of nitrogens with one attached hydrogen (secondary N) is 1. The SMILES string of the molecule is O=C(Nc1ccc(N2CCN(Cc3ccccc3)CC2)cc1)c1ncoc1-c1cccc(F)c1. The number of carbonyl (C=O) groups excluding carboxylic acids is 1. The zero-order chi connectivity index (χ0) is 23.3. The summed E-state index contributed by atoms with van der Waals surface area (Å²) in [4.78, 5) is 21.6. The molecule has 6 nitrogen and oxygen atoms in total. The van der Waals surface area contributed by atoms with E-state index in [-0.39, 0.29) is 11.5 Å². The molecular formula is C27H25FN4O2. The van der Waals surface area contributed by atoms with Crippen LogP contribution in [0, 0.1) is 5.82 Å². The quantitative estimate of drug-likeness (QED) is 0.440. The van der Waals surface area contributed by atoms with Gasteiger partial charge in [0.1, 0.15) is 5.82 Å². The van der Waals surface area contributed by atoms with E-state index < -0.39 is 11.7 Å². The van der Waals surface area contributed by atoms with Crippen LogP contribution in [0.5, 0.6) is 0 Å². The number of piperazine rings is 1. The van der Waals surface area contributed by atoms with Crippen molar-refractivity contribution in [3.05, 3.63) is 102 Å². The number of aromatic nitrogens is 1. The maximum absolute atomic E-state index is 13.6. The van der Waals surface area contributed by atoms with E-state index in [4.69, 9.17) is 4.42 Å². The van der Waals surface area contributed by atoms with Crippen molar-refractivity contribution in [1.82, 2.24) is 9.88 Å². The highest BCUT2D eigenvalue weighted by atomic mass is 19.1. The molecule has 0 radical (unpaired) electrons. The number of hydrogen-bond donors (Lipinski definition) is 1. The van der Waals surface area contributed by atoms with Gasteiger partial charge in [-0.2, -0.15) is 0 Å². The van der Waals surface area contributed by atoms with E-state index in [1.54, 1.807) is 12.1 Å². The number of rotatable bonds is 6. The number of halogens is 1. The van der Waals surface area contributed by atoms with Crippen LogP contribution in [0.2, 0.25) is 0 Å². The van der Waals surface area contributed by atoms with Gasteiger partial charge in [-0.15, -0.1) is 0 Å². The molecule has 4 aromatic rings. The smallest absolute Gasteiger partial charge is 0.278 e. The summed E-state index contributed by atoms with van der Waals surface area (Å²) in [7, 11) is 0. The van der Waals surface area contributed by atoms with Crippen molar-refractivity contribution in [2.45, 2.75) is 6.54 Å². The van der Waals surface area contributed by atoms with Crippen LogP contribution in [0.1, 0.15) is 16.1 Å². The normalized spacial score (nSPS) is 14.2. The van der Waals surface area contributed by atoms with Gasteiger partial charge in [-0.05, 0) is 42.0 Å². The lowest BCUT2D eigenvalue weighted by Gasteiger charge is -2.36. The Labute approximate surface area is 197 Å². The van der Waals surface area contributed by atoms with Gasteiger partial charge in [-0.3, -0.25) is 9.69 Å². The molecule has 1 fully saturated rings. The van der Waals surface area contributed by atoms with E-state index in [0.29, 0.717) is 11.3 Å². The largest absolute Gasteiger partial charge is 0.443 e. The molecule has 1 saturated heterocycles. The lowest BCUT2D eigenvalue weighted by molar-refractivity contribution is 0.102. The molecule has 1 aliphatic rings. The first kappa shape index (κ1) is 21.9. The van der Waals surface area contributed by atoms with Crippen molar-refractivity contribution in [3.8, 4) is 11.3 Å². The number of benzene rings is 3. The van der Waals surface area contributed by atoms with Crippen molar-refractivity contribution in [2.75, 3.05) is 36.4 Å². The summed E-state index contributed by atoms with van der Waals surface area (Å²) < 4.78 is 18.9. The van der Waals surface area contributed by atoms with E-state index in [9.17, 15) is 9.18 Å². The first-order chi connectivity index (χ1) is 16.7. The van der Waals surface area contributed by atoms with E-state index in [1.165, 1.54) is 24.1 Å². The van der Waals surface area contributed by atoms with Crippen LogP contribution in [-0.4, -0.2) is 42.0 Å². The molecule has 1 N–H and O–H groups in total. The Balaban J connectivity index is 1.19.